The number of carbonyl (C=O) groups is 1. The lowest BCUT2D eigenvalue weighted by molar-refractivity contribution is -0.135. The van der Waals surface area contributed by atoms with E-state index in [1.165, 1.54) is 19.3 Å². The number of ether oxygens (including phenoxy) is 1. The number of hydrogen-bond donors (Lipinski definition) is 0. The molecule has 1 aliphatic carbocycles. The smallest absolute Gasteiger partial charge is 0.236 e. The van der Waals surface area contributed by atoms with Crippen molar-refractivity contribution in [3.63, 3.8) is 0 Å². The molecular weight excluding hydrogens is 368 g/mol. The molecule has 0 aromatic carbocycles. The molecule has 4 aliphatic rings. The molecule has 0 spiro atoms. The fourth-order valence-corrected chi connectivity index (χ4v) is 4.79. The number of nitrogens with zero attached hydrogens (tertiary/aromatic N) is 6. The highest BCUT2D eigenvalue weighted by Gasteiger charge is 2.30. The summed E-state index contributed by atoms with van der Waals surface area (Å²) in [7, 11) is 0. The number of amides is 1. The highest BCUT2D eigenvalue weighted by Crippen LogP contribution is 2.25. The molecule has 4 heterocycles. The summed E-state index contributed by atoms with van der Waals surface area (Å²) in [6.45, 7) is 9.18. The maximum Gasteiger partial charge on any atom is 0.236 e. The number of rotatable bonds is 4. The van der Waals surface area contributed by atoms with Gasteiger partial charge in [0.2, 0.25) is 5.91 Å². The zero-order valence-electron chi connectivity index (χ0n) is 17.3. The number of fused-ring (bicyclic) bond motifs is 1. The van der Waals surface area contributed by atoms with Gasteiger partial charge in [-0.1, -0.05) is 6.42 Å². The van der Waals surface area contributed by atoms with Crippen molar-refractivity contribution in [1.29, 1.82) is 0 Å². The molecule has 1 aromatic heterocycles. The Morgan fingerprint density at radius 1 is 1.03 bits per heavy atom. The molecule has 0 unspecified atom stereocenters. The van der Waals surface area contributed by atoms with Gasteiger partial charge in [0.1, 0.15) is 5.82 Å². The first-order chi connectivity index (χ1) is 14.3. The van der Waals surface area contributed by atoms with E-state index in [1.807, 2.05) is 6.20 Å². The Labute approximate surface area is 172 Å². The van der Waals surface area contributed by atoms with Gasteiger partial charge in [0.15, 0.2) is 0 Å². The SMILES string of the molecule is O=C(CN1CCc2nc(N3CCOCC3)cnc2C1)N1CCN(C2CCC2)CC1. The molecule has 8 nitrogen and oxygen atoms in total. The first-order valence-corrected chi connectivity index (χ1v) is 11.2. The molecule has 158 valence electrons. The summed E-state index contributed by atoms with van der Waals surface area (Å²) in [4.78, 5) is 31.5. The lowest BCUT2D eigenvalue weighted by atomic mass is 9.91. The Balaban J connectivity index is 1.13. The minimum atomic E-state index is 0.264. The second-order valence-electron chi connectivity index (χ2n) is 8.68. The fraction of sp³-hybridized carbons (Fsp3) is 0.762. The zero-order valence-corrected chi connectivity index (χ0v) is 17.3. The molecule has 1 aromatic rings. The third kappa shape index (κ3) is 4.25. The Kier molecular flexibility index (Phi) is 5.65. The molecule has 0 radical (unpaired) electrons. The van der Waals surface area contributed by atoms with Gasteiger partial charge < -0.3 is 14.5 Å². The molecule has 1 saturated carbocycles. The molecule has 3 fully saturated rings. The standard InChI is InChI=1S/C21H32N6O2/c28-21(27-8-6-25(7-9-27)17-2-1-3-17)16-24-5-4-18-19(15-24)22-14-20(23-18)26-10-12-29-13-11-26/h14,17H,1-13,15-16H2. The van der Waals surface area contributed by atoms with Crippen LogP contribution in [0.5, 0.6) is 0 Å². The third-order valence-electron chi connectivity index (χ3n) is 6.91. The summed E-state index contributed by atoms with van der Waals surface area (Å²) in [5, 5.41) is 0. The minimum Gasteiger partial charge on any atom is -0.378 e. The van der Waals surface area contributed by atoms with Crippen molar-refractivity contribution < 1.29 is 9.53 Å². The van der Waals surface area contributed by atoms with E-state index in [9.17, 15) is 4.79 Å². The number of morpholine rings is 1. The topological polar surface area (TPSA) is 65.0 Å². The lowest BCUT2D eigenvalue weighted by Crippen LogP contribution is -2.55. The number of carbonyl (C=O) groups excluding carboxylic acids is 1. The van der Waals surface area contributed by atoms with Crippen LogP contribution in [0, 0.1) is 0 Å². The molecular formula is C21H32N6O2. The lowest BCUT2D eigenvalue weighted by Gasteiger charge is -2.43. The molecule has 3 aliphatic heterocycles. The van der Waals surface area contributed by atoms with Gasteiger partial charge in [-0.3, -0.25) is 19.6 Å². The normalized spacial score (nSPS) is 24.3. The van der Waals surface area contributed by atoms with Crippen molar-refractivity contribution >= 4 is 11.7 Å². The van der Waals surface area contributed by atoms with E-state index in [-0.39, 0.29) is 5.91 Å². The highest BCUT2D eigenvalue weighted by molar-refractivity contribution is 5.78. The molecule has 0 N–H and O–H groups in total. The van der Waals surface area contributed by atoms with Crippen LogP contribution in [0.1, 0.15) is 30.7 Å². The van der Waals surface area contributed by atoms with Crippen LogP contribution < -0.4 is 4.90 Å². The number of hydrogen-bond acceptors (Lipinski definition) is 7. The van der Waals surface area contributed by atoms with Crippen LogP contribution in [-0.2, 0) is 22.5 Å². The second kappa shape index (κ2) is 8.53. The quantitative estimate of drug-likeness (QED) is 0.723. The van der Waals surface area contributed by atoms with Crippen LogP contribution in [-0.4, -0.2) is 102 Å². The molecule has 8 heteroatoms. The number of aromatic nitrogens is 2. The Hall–Kier alpha value is -1.77. The third-order valence-corrected chi connectivity index (χ3v) is 6.91. The number of anilines is 1. The van der Waals surface area contributed by atoms with E-state index in [0.29, 0.717) is 6.54 Å². The van der Waals surface area contributed by atoms with E-state index >= 15 is 0 Å². The highest BCUT2D eigenvalue weighted by atomic mass is 16.5. The Morgan fingerprint density at radius 2 is 1.83 bits per heavy atom. The van der Waals surface area contributed by atoms with Crippen LogP contribution in [0.15, 0.2) is 6.20 Å². The molecule has 2 saturated heterocycles. The predicted octanol–water partition coefficient (Wildman–Crippen LogP) is 0.368. The van der Waals surface area contributed by atoms with Gasteiger partial charge in [-0.25, -0.2) is 4.98 Å². The van der Waals surface area contributed by atoms with Crippen LogP contribution in [0.4, 0.5) is 5.82 Å². The van der Waals surface area contributed by atoms with Gasteiger partial charge in [0.05, 0.1) is 37.3 Å². The summed E-state index contributed by atoms with van der Waals surface area (Å²) in [6.07, 6.45) is 6.81. The maximum atomic E-state index is 12.8. The first-order valence-electron chi connectivity index (χ1n) is 11.2. The molecule has 5 rings (SSSR count). The Morgan fingerprint density at radius 3 is 2.55 bits per heavy atom. The van der Waals surface area contributed by atoms with Gasteiger partial charge in [0.25, 0.3) is 0 Å². The largest absolute Gasteiger partial charge is 0.378 e. The van der Waals surface area contributed by atoms with Crippen molar-refractivity contribution in [3.05, 3.63) is 17.6 Å². The fourth-order valence-electron chi connectivity index (χ4n) is 4.79. The summed E-state index contributed by atoms with van der Waals surface area (Å²) < 4.78 is 5.43. The van der Waals surface area contributed by atoms with Crippen LogP contribution in [0.25, 0.3) is 0 Å². The summed E-state index contributed by atoms with van der Waals surface area (Å²) >= 11 is 0. The van der Waals surface area contributed by atoms with Crippen LogP contribution >= 0.6 is 0 Å². The average Bonchev–Trinajstić information content (AvgIpc) is 2.73. The molecule has 1 amide bonds. The molecule has 29 heavy (non-hydrogen) atoms. The van der Waals surface area contributed by atoms with E-state index in [4.69, 9.17) is 14.7 Å². The maximum absolute atomic E-state index is 12.8. The second-order valence-corrected chi connectivity index (χ2v) is 8.68. The summed E-state index contributed by atoms with van der Waals surface area (Å²) in [5.41, 5.74) is 2.11. The van der Waals surface area contributed by atoms with E-state index in [0.717, 1.165) is 95.2 Å². The average molecular weight is 401 g/mol. The van der Waals surface area contributed by atoms with Gasteiger partial charge in [0, 0.05) is 64.8 Å². The summed E-state index contributed by atoms with van der Waals surface area (Å²) in [5.74, 6) is 1.22. The van der Waals surface area contributed by atoms with Crippen molar-refractivity contribution in [2.45, 2.75) is 38.3 Å². The monoisotopic (exact) mass is 400 g/mol. The van der Waals surface area contributed by atoms with Crippen LogP contribution in [0.3, 0.4) is 0 Å². The molecule has 0 atom stereocenters. The van der Waals surface area contributed by atoms with Gasteiger partial charge in [-0.15, -0.1) is 0 Å². The van der Waals surface area contributed by atoms with Gasteiger partial charge >= 0.3 is 0 Å². The van der Waals surface area contributed by atoms with Crippen molar-refractivity contribution in [2.75, 3.05) is 70.5 Å². The van der Waals surface area contributed by atoms with Gasteiger partial charge in [-0.05, 0) is 12.8 Å². The molecule has 0 bridgehead atoms. The predicted molar refractivity (Wildman–Crippen MR) is 110 cm³/mol. The van der Waals surface area contributed by atoms with Crippen molar-refractivity contribution in [2.24, 2.45) is 0 Å². The van der Waals surface area contributed by atoms with E-state index in [1.54, 1.807) is 0 Å². The minimum absolute atomic E-state index is 0.264. The first kappa shape index (κ1) is 19.2. The van der Waals surface area contributed by atoms with Crippen LogP contribution in [0.2, 0.25) is 0 Å². The summed E-state index contributed by atoms with van der Waals surface area (Å²) in [6, 6.07) is 0.784. The van der Waals surface area contributed by atoms with Crippen molar-refractivity contribution in [1.82, 2.24) is 24.7 Å². The van der Waals surface area contributed by atoms with E-state index in [2.05, 4.69) is 19.6 Å². The zero-order chi connectivity index (χ0) is 19.6. The Bertz CT molecular complexity index is 726. The number of piperazine rings is 1. The van der Waals surface area contributed by atoms with E-state index < -0.39 is 0 Å². The van der Waals surface area contributed by atoms with Crippen molar-refractivity contribution in [3.8, 4) is 0 Å². The van der Waals surface area contributed by atoms with Gasteiger partial charge in [-0.2, -0.15) is 0 Å².